The van der Waals surface area contributed by atoms with Crippen LogP contribution in [0.5, 0.6) is 0 Å². The summed E-state index contributed by atoms with van der Waals surface area (Å²) >= 11 is 17.8. The van der Waals surface area contributed by atoms with Crippen molar-refractivity contribution in [2.75, 3.05) is 6.54 Å². The lowest BCUT2D eigenvalue weighted by molar-refractivity contribution is -0.402. The van der Waals surface area contributed by atoms with Gasteiger partial charge in [0.05, 0.1) is 23.1 Å². The highest BCUT2D eigenvalue weighted by molar-refractivity contribution is 7.91. The highest BCUT2D eigenvalue weighted by atomic mass is 35.5. The van der Waals surface area contributed by atoms with Gasteiger partial charge in [-0.15, -0.1) is 0 Å². The minimum Gasteiger partial charge on any atom is -0.606 e. The summed E-state index contributed by atoms with van der Waals surface area (Å²) in [6, 6.07) is 21.1. The van der Waals surface area contributed by atoms with Crippen LogP contribution >= 0.6 is 34.8 Å². The fourth-order valence-electron chi connectivity index (χ4n) is 4.34. The monoisotopic (exact) mass is 644 g/mol. The Labute approximate surface area is 263 Å². The first-order valence-corrected chi connectivity index (χ1v) is 14.9. The van der Waals surface area contributed by atoms with Crippen LogP contribution in [0.4, 0.5) is 0 Å². The van der Waals surface area contributed by atoms with Gasteiger partial charge in [-0.05, 0) is 76.3 Å². The van der Waals surface area contributed by atoms with Crippen molar-refractivity contribution in [2.24, 2.45) is 4.99 Å². The number of rotatable bonds is 8. The van der Waals surface area contributed by atoms with Crippen LogP contribution in [-0.2, 0) is 28.4 Å². The second kappa shape index (κ2) is 14.2. The first-order chi connectivity index (χ1) is 19.8. The van der Waals surface area contributed by atoms with E-state index in [1.54, 1.807) is 18.3 Å². The van der Waals surface area contributed by atoms with E-state index >= 15 is 0 Å². The summed E-state index contributed by atoms with van der Waals surface area (Å²) in [5.41, 5.74) is 1.67. The Hall–Kier alpha value is -3.35. The molecule has 0 saturated carbocycles. The maximum Gasteiger partial charge on any atom is 0.255 e. The van der Waals surface area contributed by atoms with E-state index in [-0.39, 0.29) is 11.8 Å². The third-order valence-corrected chi connectivity index (χ3v) is 8.93. The molecule has 2 atom stereocenters. The third-order valence-electron chi connectivity index (χ3n) is 6.64. The number of hydrogen-bond acceptors (Lipinski definition) is 7. The Morgan fingerprint density at radius 1 is 0.976 bits per heavy atom. The van der Waals surface area contributed by atoms with E-state index in [1.165, 1.54) is 5.56 Å². The van der Waals surface area contributed by atoms with Crippen molar-refractivity contribution < 1.29 is 9.64 Å². The molecule has 0 bridgehead atoms. The van der Waals surface area contributed by atoms with Gasteiger partial charge < -0.3 is 19.9 Å². The molecular weight excluding hydrogens is 619 g/mol. The van der Waals surface area contributed by atoms with Crippen LogP contribution in [0.1, 0.15) is 43.9 Å². The van der Waals surface area contributed by atoms with E-state index in [9.17, 15) is 9.81 Å². The zero-order chi connectivity index (χ0) is 31.1. The molecule has 0 fully saturated rings. The van der Waals surface area contributed by atoms with Gasteiger partial charge in [0.1, 0.15) is 0 Å². The second-order valence-electron chi connectivity index (χ2n) is 10.5. The largest absolute Gasteiger partial charge is 0.606 e. The zero-order valence-electron chi connectivity index (χ0n) is 23.0. The quantitative estimate of drug-likeness (QED) is 0.106. The lowest BCUT2D eigenvalue weighted by Gasteiger charge is -2.29. The van der Waals surface area contributed by atoms with Crippen LogP contribution in [-0.4, -0.2) is 27.4 Å². The molecule has 42 heavy (non-hydrogen) atoms. The highest BCUT2D eigenvalue weighted by Crippen LogP contribution is 2.39. The normalized spacial score (nSPS) is 14.3. The summed E-state index contributed by atoms with van der Waals surface area (Å²) in [4.78, 5) is 15.4. The van der Waals surface area contributed by atoms with E-state index in [4.69, 9.17) is 50.1 Å². The molecule has 8 nitrogen and oxygen atoms in total. The second-order valence-corrected chi connectivity index (χ2v) is 13.2. The Kier molecular flexibility index (Phi) is 11.2. The van der Waals surface area contributed by atoms with Crippen molar-refractivity contribution in [3.05, 3.63) is 120 Å². The smallest absolute Gasteiger partial charge is 0.255 e. The van der Waals surface area contributed by atoms with Gasteiger partial charge in [0.15, 0.2) is 16.0 Å². The number of aliphatic imine (C=N–C) groups is 1. The third kappa shape index (κ3) is 8.59. The van der Waals surface area contributed by atoms with Crippen LogP contribution in [0.2, 0.25) is 15.1 Å². The number of nitrogens with zero attached hydrogens (tertiary/aromatic N) is 4. The molecule has 0 aliphatic carbocycles. The molecule has 1 aliphatic rings. The standard InChI is InChI=1S/C30H27Cl3N3OS.NO3/c1-29(2,3)21-4-8-24(9-5-21)38(37)25-10-6-22(7-11-25)30(19-34,12-14-36-15-13-35-20-36)18-26-27(32)16-23(31)17-28(26)33;2-1(3)4/h4-11,13,15-17H,12,14,18H2,1-3H3;/q+1;-1. The molecule has 0 aromatic heterocycles. The van der Waals surface area contributed by atoms with Gasteiger partial charge in [0, 0.05) is 26.2 Å². The maximum absolute atomic E-state index is 13.3. The Bertz CT molecular complexity index is 1460. The first-order valence-electron chi connectivity index (χ1n) is 12.6. The lowest BCUT2D eigenvalue weighted by atomic mass is 9.74. The molecule has 2 unspecified atom stereocenters. The molecule has 0 saturated heterocycles. The van der Waals surface area contributed by atoms with Crippen molar-refractivity contribution in [3.8, 4) is 6.07 Å². The molecular formula is C30H27Cl3N4O4S. The average molecular weight is 646 g/mol. The van der Waals surface area contributed by atoms with E-state index in [0.29, 0.717) is 38.5 Å². The molecule has 3 aromatic carbocycles. The molecule has 0 radical (unpaired) electrons. The minimum atomic E-state index is -1.75. The fraction of sp³-hybridized carbons (Fsp3) is 0.267. The summed E-state index contributed by atoms with van der Waals surface area (Å²) in [6.07, 6.45) is 7.08. The maximum atomic E-state index is 13.3. The van der Waals surface area contributed by atoms with Crippen molar-refractivity contribution in [2.45, 2.75) is 54.2 Å². The molecule has 0 amide bonds. The minimum absolute atomic E-state index is 0.0205. The van der Waals surface area contributed by atoms with Crippen molar-refractivity contribution in [1.82, 2.24) is 4.90 Å². The van der Waals surface area contributed by atoms with Crippen LogP contribution < -0.4 is 0 Å². The summed E-state index contributed by atoms with van der Waals surface area (Å²) in [5, 5.41) is 26.5. The van der Waals surface area contributed by atoms with Gasteiger partial charge in [0.25, 0.3) is 6.34 Å². The van der Waals surface area contributed by atoms with E-state index < -0.39 is 21.7 Å². The molecule has 218 valence electrons. The number of nitriles is 1. The summed E-state index contributed by atoms with van der Waals surface area (Å²) in [7, 11) is 0. The van der Waals surface area contributed by atoms with Crippen LogP contribution in [0.15, 0.2) is 87.8 Å². The van der Waals surface area contributed by atoms with Gasteiger partial charge in [-0.2, -0.15) is 10.2 Å². The topological polar surface area (TPSA) is 129 Å². The number of hydrogen-bond donors (Lipinski definition) is 0. The fourth-order valence-corrected chi connectivity index (χ4v) is 6.33. The van der Waals surface area contributed by atoms with Crippen LogP contribution in [0.25, 0.3) is 0 Å². The lowest BCUT2D eigenvalue weighted by Crippen LogP contribution is -2.32. The van der Waals surface area contributed by atoms with Gasteiger partial charge in [-0.25, -0.2) is 0 Å². The highest BCUT2D eigenvalue weighted by Gasteiger charge is 2.36. The summed E-state index contributed by atoms with van der Waals surface area (Å²) < 4.78 is 13.3. The van der Waals surface area contributed by atoms with E-state index in [0.717, 1.165) is 10.5 Å². The number of benzene rings is 3. The van der Waals surface area contributed by atoms with Gasteiger partial charge in [0.2, 0.25) is 6.20 Å². The molecule has 0 spiro atoms. The Balaban J connectivity index is 0.00000114. The average Bonchev–Trinajstić information content (AvgIpc) is 3.45. The van der Waals surface area contributed by atoms with Crippen molar-refractivity contribution in [1.29, 1.82) is 5.26 Å². The molecule has 1 heterocycles. The van der Waals surface area contributed by atoms with Gasteiger partial charge in [-0.3, -0.25) is 0 Å². The number of halogens is 3. The molecule has 3 aromatic rings. The zero-order valence-corrected chi connectivity index (χ0v) is 26.1. The van der Waals surface area contributed by atoms with E-state index in [1.807, 2.05) is 59.6 Å². The Morgan fingerprint density at radius 2 is 1.48 bits per heavy atom. The Morgan fingerprint density at radius 3 is 1.90 bits per heavy atom. The molecule has 12 heteroatoms. The molecule has 1 aliphatic heterocycles. The summed E-state index contributed by atoms with van der Waals surface area (Å²) in [6.45, 7) is 6.96. The van der Waals surface area contributed by atoms with E-state index in [2.05, 4.69) is 38.2 Å². The molecule has 0 N–H and O–H groups in total. The summed E-state index contributed by atoms with van der Waals surface area (Å²) in [5.74, 6) is 0. The van der Waals surface area contributed by atoms with Gasteiger partial charge >= 0.3 is 0 Å². The van der Waals surface area contributed by atoms with Crippen molar-refractivity contribution in [3.63, 3.8) is 0 Å². The molecule has 4 rings (SSSR count). The van der Waals surface area contributed by atoms with Crippen LogP contribution in [0.3, 0.4) is 0 Å². The van der Waals surface area contributed by atoms with Crippen molar-refractivity contribution >= 4 is 52.3 Å². The SMILES string of the molecule is CC(C)(C)c1ccc([S+]([O-])c2ccc(C(C#N)(CCN3[C+]=NC=C3)Cc3c(Cl)cc(Cl)cc3Cl)cc2)cc1.O=[N+]([O-])[O-]. The predicted octanol–water partition coefficient (Wildman–Crippen LogP) is 7.96. The van der Waals surface area contributed by atoms with Crippen LogP contribution in [0, 0.1) is 26.7 Å². The van der Waals surface area contributed by atoms with Gasteiger partial charge in [-0.1, -0.05) is 79.8 Å². The predicted molar refractivity (Wildman–Crippen MR) is 167 cm³/mol. The first kappa shape index (κ1) is 33.2.